The van der Waals surface area contributed by atoms with Crippen molar-refractivity contribution < 1.29 is 4.79 Å². The van der Waals surface area contributed by atoms with Crippen molar-refractivity contribution in [3.8, 4) is 0 Å². The molecule has 0 aromatic rings. The third-order valence-corrected chi connectivity index (χ3v) is 4.96. The first-order valence-corrected chi connectivity index (χ1v) is 6.98. The quantitative estimate of drug-likeness (QED) is 0.814. The molecule has 17 heavy (non-hydrogen) atoms. The molecule has 0 saturated heterocycles. The monoisotopic (exact) mass is 238 g/mol. The maximum atomic E-state index is 12.2. The zero-order valence-corrected chi connectivity index (χ0v) is 11.4. The van der Waals surface area contributed by atoms with Crippen molar-refractivity contribution >= 4 is 5.91 Å². The first kappa shape index (κ1) is 12.9. The highest BCUT2D eigenvalue weighted by Gasteiger charge is 2.41. The molecule has 3 heteroatoms. The van der Waals surface area contributed by atoms with Gasteiger partial charge in [0, 0.05) is 13.6 Å². The molecule has 4 unspecified atom stereocenters. The number of likely N-dealkylation sites (N-methyl/N-ethyl adjacent to an activating group) is 1. The summed E-state index contributed by atoms with van der Waals surface area (Å²) in [5, 5.41) is 0. The molecule has 3 nitrogen and oxygen atoms in total. The SMILES string of the molecule is CCC(C)(N)C(=O)N(C)CC1CC2CCC1C2. The summed E-state index contributed by atoms with van der Waals surface area (Å²) in [5.74, 6) is 2.66. The summed E-state index contributed by atoms with van der Waals surface area (Å²) in [7, 11) is 1.91. The number of carbonyl (C=O) groups is 1. The van der Waals surface area contributed by atoms with Gasteiger partial charge < -0.3 is 10.6 Å². The number of nitrogens with zero attached hydrogens (tertiary/aromatic N) is 1. The molecule has 2 aliphatic rings. The highest BCUT2D eigenvalue weighted by molar-refractivity contribution is 5.85. The minimum absolute atomic E-state index is 0.0998. The molecule has 0 heterocycles. The minimum Gasteiger partial charge on any atom is -0.344 e. The van der Waals surface area contributed by atoms with E-state index in [1.54, 1.807) is 0 Å². The van der Waals surface area contributed by atoms with Gasteiger partial charge in [-0.05, 0) is 50.4 Å². The highest BCUT2D eigenvalue weighted by atomic mass is 16.2. The van der Waals surface area contributed by atoms with Gasteiger partial charge >= 0.3 is 0 Å². The normalized spacial score (nSPS) is 34.7. The minimum atomic E-state index is -0.688. The Kier molecular flexibility index (Phi) is 3.48. The maximum Gasteiger partial charge on any atom is 0.242 e. The Balaban J connectivity index is 1.89. The average Bonchev–Trinajstić information content (AvgIpc) is 2.89. The molecule has 1 amide bonds. The second-order valence-electron chi connectivity index (χ2n) is 6.39. The molecular weight excluding hydrogens is 212 g/mol. The van der Waals surface area contributed by atoms with Crippen molar-refractivity contribution in [3.05, 3.63) is 0 Å². The Morgan fingerprint density at radius 3 is 2.59 bits per heavy atom. The van der Waals surface area contributed by atoms with E-state index in [1.807, 2.05) is 25.8 Å². The number of rotatable bonds is 4. The molecule has 2 fully saturated rings. The number of hydrogen-bond acceptors (Lipinski definition) is 2. The lowest BCUT2D eigenvalue weighted by Gasteiger charge is -2.32. The van der Waals surface area contributed by atoms with Gasteiger partial charge in [0.25, 0.3) is 0 Å². The van der Waals surface area contributed by atoms with E-state index in [2.05, 4.69) is 0 Å². The van der Waals surface area contributed by atoms with Crippen LogP contribution in [0.3, 0.4) is 0 Å². The largest absolute Gasteiger partial charge is 0.344 e. The summed E-state index contributed by atoms with van der Waals surface area (Å²) in [6, 6.07) is 0. The number of fused-ring (bicyclic) bond motifs is 2. The van der Waals surface area contributed by atoms with E-state index in [0.29, 0.717) is 6.42 Å². The summed E-state index contributed by atoms with van der Waals surface area (Å²) in [6.45, 7) is 4.72. The highest BCUT2D eigenvalue weighted by Crippen LogP contribution is 2.48. The number of hydrogen-bond donors (Lipinski definition) is 1. The van der Waals surface area contributed by atoms with Crippen LogP contribution in [0.4, 0.5) is 0 Å². The summed E-state index contributed by atoms with van der Waals surface area (Å²) in [6.07, 6.45) is 6.23. The molecule has 0 aliphatic heterocycles. The van der Waals surface area contributed by atoms with Crippen molar-refractivity contribution in [2.75, 3.05) is 13.6 Å². The van der Waals surface area contributed by atoms with Crippen LogP contribution < -0.4 is 5.73 Å². The first-order chi connectivity index (χ1) is 7.94. The van der Waals surface area contributed by atoms with Crippen molar-refractivity contribution in [2.24, 2.45) is 23.5 Å². The van der Waals surface area contributed by atoms with E-state index in [-0.39, 0.29) is 5.91 Å². The van der Waals surface area contributed by atoms with Gasteiger partial charge in [-0.1, -0.05) is 13.3 Å². The molecule has 2 aliphatic carbocycles. The van der Waals surface area contributed by atoms with Crippen molar-refractivity contribution in [2.45, 2.75) is 51.5 Å². The van der Waals surface area contributed by atoms with Gasteiger partial charge in [0.2, 0.25) is 5.91 Å². The fourth-order valence-corrected chi connectivity index (χ4v) is 3.62. The third kappa shape index (κ3) is 2.49. The van der Waals surface area contributed by atoms with Crippen LogP contribution in [0.25, 0.3) is 0 Å². The lowest BCUT2D eigenvalue weighted by molar-refractivity contribution is -0.136. The summed E-state index contributed by atoms with van der Waals surface area (Å²) in [4.78, 5) is 14.1. The Bertz CT molecular complexity index is 301. The van der Waals surface area contributed by atoms with Crippen LogP contribution in [-0.2, 0) is 4.79 Å². The zero-order valence-electron chi connectivity index (χ0n) is 11.4. The van der Waals surface area contributed by atoms with Crippen LogP contribution in [0.15, 0.2) is 0 Å². The number of carbonyl (C=O) groups excluding carboxylic acids is 1. The van der Waals surface area contributed by atoms with Crippen LogP contribution >= 0.6 is 0 Å². The lowest BCUT2D eigenvalue weighted by atomic mass is 9.88. The van der Waals surface area contributed by atoms with E-state index in [9.17, 15) is 4.79 Å². The summed E-state index contributed by atoms with van der Waals surface area (Å²) in [5.41, 5.74) is 5.33. The maximum absolute atomic E-state index is 12.2. The van der Waals surface area contributed by atoms with Gasteiger partial charge in [-0.3, -0.25) is 4.79 Å². The van der Waals surface area contributed by atoms with Gasteiger partial charge in [0.05, 0.1) is 5.54 Å². The first-order valence-electron chi connectivity index (χ1n) is 6.98. The third-order valence-electron chi connectivity index (χ3n) is 4.96. The molecule has 2 rings (SSSR count). The fraction of sp³-hybridized carbons (Fsp3) is 0.929. The molecule has 0 aromatic heterocycles. The molecule has 0 radical (unpaired) electrons. The van der Waals surface area contributed by atoms with E-state index in [0.717, 1.165) is 24.3 Å². The number of amides is 1. The van der Waals surface area contributed by atoms with Gasteiger partial charge in [-0.2, -0.15) is 0 Å². The number of nitrogens with two attached hydrogens (primary N) is 1. The second kappa shape index (κ2) is 4.60. The van der Waals surface area contributed by atoms with Crippen LogP contribution in [0.2, 0.25) is 0 Å². The zero-order chi connectivity index (χ0) is 12.6. The fourth-order valence-electron chi connectivity index (χ4n) is 3.62. The van der Waals surface area contributed by atoms with Crippen LogP contribution in [0.1, 0.15) is 46.0 Å². The van der Waals surface area contributed by atoms with Gasteiger partial charge in [-0.15, -0.1) is 0 Å². The smallest absolute Gasteiger partial charge is 0.242 e. The average molecular weight is 238 g/mol. The topological polar surface area (TPSA) is 46.3 Å². The Morgan fingerprint density at radius 2 is 2.12 bits per heavy atom. The van der Waals surface area contributed by atoms with Crippen LogP contribution in [-0.4, -0.2) is 29.9 Å². The Labute approximate surface area is 105 Å². The summed E-state index contributed by atoms with van der Waals surface area (Å²) < 4.78 is 0. The summed E-state index contributed by atoms with van der Waals surface area (Å²) >= 11 is 0. The van der Waals surface area contributed by atoms with Crippen LogP contribution in [0, 0.1) is 17.8 Å². The molecular formula is C14H26N2O. The molecule has 2 saturated carbocycles. The molecule has 4 atom stereocenters. The van der Waals surface area contributed by atoms with Crippen molar-refractivity contribution in [3.63, 3.8) is 0 Å². The van der Waals surface area contributed by atoms with E-state index in [4.69, 9.17) is 5.73 Å². The van der Waals surface area contributed by atoms with E-state index < -0.39 is 5.54 Å². The van der Waals surface area contributed by atoms with Gasteiger partial charge in [0.1, 0.15) is 0 Å². The van der Waals surface area contributed by atoms with Gasteiger partial charge in [0.15, 0.2) is 0 Å². The molecule has 0 spiro atoms. The molecule has 0 aromatic carbocycles. The van der Waals surface area contributed by atoms with E-state index in [1.165, 1.54) is 25.7 Å². The lowest BCUT2D eigenvalue weighted by Crippen LogP contribution is -2.52. The predicted molar refractivity (Wildman–Crippen MR) is 69.5 cm³/mol. The van der Waals surface area contributed by atoms with Crippen molar-refractivity contribution in [1.82, 2.24) is 4.90 Å². The van der Waals surface area contributed by atoms with Crippen molar-refractivity contribution in [1.29, 1.82) is 0 Å². The Morgan fingerprint density at radius 1 is 1.41 bits per heavy atom. The standard InChI is InChI=1S/C14H26N2O/c1-4-14(2,15)13(17)16(3)9-12-8-10-5-6-11(12)7-10/h10-12H,4-9,15H2,1-3H3. The predicted octanol–water partition coefficient (Wildman–Crippen LogP) is 2.01. The molecule has 2 N–H and O–H groups in total. The second-order valence-corrected chi connectivity index (χ2v) is 6.39. The molecule has 98 valence electrons. The Hall–Kier alpha value is -0.570. The van der Waals surface area contributed by atoms with Gasteiger partial charge in [-0.25, -0.2) is 0 Å². The molecule has 2 bridgehead atoms. The van der Waals surface area contributed by atoms with E-state index >= 15 is 0 Å². The van der Waals surface area contributed by atoms with Crippen LogP contribution in [0.5, 0.6) is 0 Å².